The first-order valence-corrected chi connectivity index (χ1v) is 22.8. The second kappa shape index (κ2) is 14.2. The minimum absolute atomic E-state index is 0.624. The summed E-state index contributed by atoms with van der Waals surface area (Å²) in [6.45, 7) is 2.24. The number of fused-ring (bicyclic) bond motifs is 13. The third-order valence-electron chi connectivity index (χ3n) is 14.1. The van der Waals surface area contributed by atoms with Gasteiger partial charge < -0.3 is 9.13 Å². The van der Waals surface area contributed by atoms with E-state index in [1.165, 1.54) is 93.6 Å². The zero-order chi connectivity index (χ0) is 43.5. The highest BCUT2D eigenvalue weighted by molar-refractivity contribution is 6.19. The Hall–Kier alpha value is -8.54. The molecule has 14 rings (SSSR count). The fourth-order valence-corrected chi connectivity index (χ4v) is 11.2. The number of aliphatic imine (C=N–C) groups is 2. The molecule has 4 heterocycles. The number of aryl methyl sites for hydroxylation is 1. The van der Waals surface area contributed by atoms with Crippen LogP contribution in [0.25, 0.3) is 93.6 Å². The lowest BCUT2D eigenvalue weighted by Gasteiger charge is -2.14. The maximum Gasteiger partial charge on any atom is 0.161 e. The Balaban J connectivity index is 0.892. The molecule has 1 aliphatic carbocycles. The quantitative estimate of drug-likeness (QED) is 0.169. The summed E-state index contributed by atoms with van der Waals surface area (Å²) in [6.07, 6.45) is 3.77. The summed E-state index contributed by atoms with van der Waals surface area (Å²) < 4.78 is 7.22. The van der Waals surface area contributed by atoms with Crippen LogP contribution in [0.5, 0.6) is 0 Å². The molecule has 0 amide bonds. The molecule has 0 bridgehead atoms. The highest BCUT2D eigenvalue weighted by Gasteiger charge is 2.27. The van der Waals surface area contributed by atoms with Gasteiger partial charge >= 0.3 is 0 Å². The SMILES string of the molecule is Cc1cc(C2=CCC(n3c4ccccc4c4ccccc43)=NC(c3ccccc3)=N2)ccc1-n1c2ccccc2c2c3c(ccc21)-c1cc2c(cc1C3)c1ccccc1n2-c1ccccc1. The molecule has 2 aliphatic rings. The predicted octanol–water partition coefficient (Wildman–Crippen LogP) is 15.0. The number of para-hydroxylation sites is 5. The number of amidine groups is 1. The zero-order valence-electron chi connectivity index (χ0n) is 36.3. The monoisotopic (exact) mass is 843 g/mol. The molecule has 12 aromatic rings. The standard InChI is InChI=1S/C61H41N5/c1-38-34-40(51-30-33-59(63-61(62-51)39-16-4-2-5-17-39)66-54-25-13-8-20-44(54)45-21-9-14-26-55(45)66)28-31-52(38)65-56-27-15-11-23-47(56)60-50-36-41-35-49-46-22-10-12-24-53(46)64(42-18-6-3-7-19-42)58(49)37-48(41)43(50)29-32-57(60)65/h2-32,34-35,37H,33,36H2,1H3. The van der Waals surface area contributed by atoms with Crippen molar-refractivity contribution in [2.75, 3.05) is 0 Å². The van der Waals surface area contributed by atoms with Gasteiger partial charge in [0.05, 0.1) is 38.8 Å². The smallest absolute Gasteiger partial charge is 0.161 e. The molecule has 9 aromatic carbocycles. The molecule has 0 saturated carbocycles. The van der Waals surface area contributed by atoms with Gasteiger partial charge in [0, 0.05) is 61.2 Å². The molecule has 0 radical (unpaired) electrons. The maximum absolute atomic E-state index is 5.37. The van der Waals surface area contributed by atoms with E-state index in [0.717, 1.165) is 40.1 Å². The van der Waals surface area contributed by atoms with Crippen LogP contribution in [-0.2, 0) is 6.42 Å². The number of nitrogens with zero attached hydrogens (tertiary/aromatic N) is 5. The summed E-state index contributed by atoms with van der Waals surface area (Å²) in [5, 5.41) is 7.64. The van der Waals surface area contributed by atoms with Gasteiger partial charge in [-0.05, 0) is 108 Å². The second-order valence-electron chi connectivity index (χ2n) is 17.7. The summed E-state index contributed by atoms with van der Waals surface area (Å²) in [5.74, 6) is 1.65. The van der Waals surface area contributed by atoms with E-state index in [-0.39, 0.29) is 0 Å². The minimum atomic E-state index is 0.624. The molecule has 0 fully saturated rings. The first-order valence-electron chi connectivity index (χ1n) is 22.8. The van der Waals surface area contributed by atoms with Gasteiger partial charge in [0.25, 0.3) is 0 Å². The third-order valence-corrected chi connectivity index (χ3v) is 14.1. The largest absolute Gasteiger partial charge is 0.309 e. The lowest BCUT2D eigenvalue weighted by atomic mass is 10.0. The van der Waals surface area contributed by atoms with Crippen LogP contribution in [0.3, 0.4) is 0 Å². The summed E-state index contributed by atoms with van der Waals surface area (Å²) >= 11 is 0. The first-order chi connectivity index (χ1) is 32.7. The predicted molar refractivity (Wildman–Crippen MR) is 276 cm³/mol. The van der Waals surface area contributed by atoms with E-state index in [1.807, 2.05) is 6.07 Å². The topological polar surface area (TPSA) is 39.5 Å². The normalized spacial score (nSPS) is 13.7. The van der Waals surface area contributed by atoms with Crippen molar-refractivity contribution in [1.29, 1.82) is 0 Å². The Morgan fingerprint density at radius 2 is 1.03 bits per heavy atom. The van der Waals surface area contributed by atoms with E-state index in [1.54, 1.807) is 0 Å². The number of allylic oxidation sites excluding steroid dienone is 1. The van der Waals surface area contributed by atoms with Crippen LogP contribution in [0.4, 0.5) is 0 Å². The summed E-state index contributed by atoms with van der Waals surface area (Å²) in [5.41, 5.74) is 19.1. The van der Waals surface area contributed by atoms with Crippen LogP contribution in [0.15, 0.2) is 216 Å². The average molecular weight is 844 g/mol. The Morgan fingerprint density at radius 3 is 1.73 bits per heavy atom. The molecular weight excluding hydrogens is 803 g/mol. The minimum Gasteiger partial charge on any atom is -0.309 e. The Morgan fingerprint density at radius 1 is 0.424 bits per heavy atom. The third kappa shape index (κ3) is 5.40. The lowest BCUT2D eigenvalue weighted by Crippen LogP contribution is -2.13. The summed E-state index contributed by atoms with van der Waals surface area (Å²) in [4.78, 5) is 10.7. The lowest BCUT2D eigenvalue weighted by molar-refractivity contribution is 1.14. The molecule has 3 aromatic heterocycles. The van der Waals surface area contributed by atoms with Crippen molar-refractivity contribution >= 4 is 82.8 Å². The average Bonchev–Trinajstić information content (AvgIpc) is 4.05. The van der Waals surface area contributed by atoms with Gasteiger partial charge in [-0.2, -0.15) is 0 Å². The van der Waals surface area contributed by atoms with Crippen molar-refractivity contribution in [1.82, 2.24) is 13.7 Å². The van der Waals surface area contributed by atoms with Gasteiger partial charge in [-0.25, -0.2) is 9.98 Å². The van der Waals surface area contributed by atoms with Crippen LogP contribution in [-0.4, -0.2) is 25.4 Å². The number of benzene rings is 9. The Bertz CT molecular complexity index is 4050. The van der Waals surface area contributed by atoms with Gasteiger partial charge in [-0.15, -0.1) is 0 Å². The number of rotatable bonds is 4. The van der Waals surface area contributed by atoms with Crippen LogP contribution in [0, 0.1) is 6.92 Å². The van der Waals surface area contributed by atoms with Crippen molar-refractivity contribution in [3.8, 4) is 22.5 Å². The van der Waals surface area contributed by atoms with E-state index < -0.39 is 0 Å². The van der Waals surface area contributed by atoms with Crippen molar-refractivity contribution < 1.29 is 0 Å². The Labute approximate surface area is 381 Å². The molecule has 0 unspecified atom stereocenters. The van der Waals surface area contributed by atoms with Crippen LogP contribution in [0.2, 0.25) is 0 Å². The van der Waals surface area contributed by atoms with E-state index in [2.05, 4.69) is 221 Å². The molecule has 5 heteroatoms. The molecule has 66 heavy (non-hydrogen) atoms. The van der Waals surface area contributed by atoms with E-state index in [0.29, 0.717) is 12.3 Å². The van der Waals surface area contributed by atoms with Gasteiger partial charge in [-0.1, -0.05) is 140 Å². The van der Waals surface area contributed by atoms with Crippen LogP contribution >= 0.6 is 0 Å². The molecule has 0 spiro atoms. The zero-order valence-corrected chi connectivity index (χ0v) is 36.3. The van der Waals surface area contributed by atoms with Gasteiger partial charge in [0.1, 0.15) is 5.84 Å². The van der Waals surface area contributed by atoms with Crippen molar-refractivity contribution in [3.05, 3.63) is 234 Å². The molecular formula is C61H41N5. The van der Waals surface area contributed by atoms with Crippen molar-refractivity contribution in [2.24, 2.45) is 9.98 Å². The summed E-state index contributed by atoms with van der Waals surface area (Å²) in [7, 11) is 0. The number of hydrogen-bond donors (Lipinski definition) is 0. The highest BCUT2D eigenvalue weighted by atomic mass is 15.1. The van der Waals surface area contributed by atoms with Gasteiger partial charge in [0.2, 0.25) is 0 Å². The first kappa shape index (κ1) is 36.9. The van der Waals surface area contributed by atoms with E-state index >= 15 is 0 Å². The number of aromatic nitrogens is 3. The van der Waals surface area contributed by atoms with Gasteiger partial charge in [0.15, 0.2) is 5.84 Å². The molecule has 5 nitrogen and oxygen atoms in total. The molecule has 1 aliphatic heterocycles. The second-order valence-corrected chi connectivity index (χ2v) is 17.7. The fourth-order valence-electron chi connectivity index (χ4n) is 11.2. The van der Waals surface area contributed by atoms with Gasteiger partial charge in [-0.3, -0.25) is 4.57 Å². The molecule has 0 saturated heterocycles. The highest BCUT2D eigenvalue weighted by Crippen LogP contribution is 2.47. The van der Waals surface area contributed by atoms with E-state index in [9.17, 15) is 0 Å². The Kier molecular flexibility index (Phi) is 7.96. The maximum atomic E-state index is 5.37. The van der Waals surface area contributed by atoms with E-state index in [4.69, 9.17) is 9.98 Å². The van der Waals surface area contributed by atoms with Crippen molar-refractivity contribution in [2.45, 2.75) is 19.8 Å². The summed E-state index contributed by atoms with van der Waals surface area (Å²) in [6, 6.07) is 72.6. The fraction of sp³-hybridized carbons (Fsp3) is 0.0492. The number of hydrogen-bond acceptors (Lipinski definition) is 2. The molecule has 310 valence electrons. The molecule has 0 atom stereocenters. The van der Waals surface area contributed by atoms with Crippen molar-refractivity contribution in [3.63, 3.8) is 0 Å². The van der Waals surface area contributed by atoms with Crippen LogP contribution < -0.4 is 0 Å². The van der Waals surface area contributed by atoms with Crippen LogP contribution in [0.1, 0.15) is 34.2 Å². The molecule has 0 N–H and O–H groups in total.